The summed E-state index contributed by atoms with van der Waals surface area (Å²) in [5, 5.41) is 22.9. The number of likely N-dealkylation sites (tertiary alicyclic amines) is 1. The van der Waals surface area contributed by atoms with Crippen LogP contribution in [-0.2, 0) is 16.1 Å². The van der Waals surface area contributed by atoms with E-state index in [1.165, 1.54) is 18.2 Å². The first-order valence-corrected chi connectivity index (χ1v) is 7.30. The second-order valence-electron chi connectivity index (χ2n) is 5.78. The molecule has 2 aliphatic rings. The zero-order chi connectivity index (χ0) is 15.7. The SMILES string of the molecule is C[C@@H](O)[C@@H](C(=O)NCc1nnco1)N1CC2(CCCN2)C1=O. The quantitative estimate of drug-likeness (QED) is 0.560. The molecule has 22 heavy (non-hydrogen) atoms. The van der Waals surface area contributed by atoms with Crippen LogP contribution in [0.3, 0.4) is 0 Å². The molecule has 2 saturated heterocycles. The van der Waals surface area contributed by atoms with Gasteiger partial charge in [0.15, 0.2) is 0 Å². The zero-order valence-electron chi connectivity index (χ0n) is 12.3. The zero-order valence-corrected chi connectivity index (χ0v) is 12.3. The fraction of sp³-hybridized carbons (Fsp3) is 0.692. The van der Waals surface area contributed by atoms with Gasteiger partial charge in [-0.05, 0) is 26.3 Å². The van der Waals surface area contributed by atoms with Gasteiger partial charge in [0.25, 0.3) is 0 Å². The number of carbonyl (C=O) groups excluding carboxylic acids is 2. The van der Waals surface area contributed by atoms with Gasteiger partial charge < -0.3 is 25.1 Å². The fourth-order valence-electron chi connectivity index (χ4n) is 3.12. The maximum atomic E-state index is 12.4. The Labute approximate surface area is 127 Å². The van der Waals surface area contributed by atoms with E-state index in [0.29, 0.717) is 6.54 Å². The summed E-state index contributed by atoms with van der Waals surface area (Å²) in [4.78, 5) is 26.1. The Morgan fingerprint density at radius 2 is 2.50 bits per heavy atom. The number of nitrogens with one attached hydrogen (secondary N) is 2. The minimum absolute atomic E-state index is 0.0630. The molecule has 2 fully saturated rings. The highest BCUT2D eigenvalue weighted by Crippen LogP contribution is 2.33. The molecule has 0 aromatic carbocycles. The number of hydrogen-bond donors (Lipinski definition) is 3. The molecular weight excluding hydrogens is 290 g/mol. The maximum absolute atomic E-state index is 12.4. The number of aliphatic hydroxyl groups excluding tert-OH is 1. The van der Waals surface area contributed by atoms with Crippen molar-refractivity contribution < 1.29 is 19.1 Å². The predicted octanol–water partition coefficient (Wildman–Crippen LogP) is -1.60. The third-order valence-corrected chi connectivity index (χ3v) is 4.23. The van der Waals surface area contributed by atoms with Crippen LogP contribution in [0.25, 0.3) is 0 Å². The molecule has 9 nitrogen and oxygen atoms in total. The van der Waals surface area contributed by atoms with Crippen molar-refractivity contribution in [1.82, 2.24) is 25.7 Å². The Hall–Kier alpha value is -2.00. The van der Waals surface area contributed by atoms with Gasteiger partial charge in [-0.1, -0.05) is 0 Å². The number of aliphatic hydroxyl groups is 1. The van der Waals surface area contributed by atoms with Crippen LogP contribution < -0.4 is 10.6 Å². The van der Waals surface area contributed by atoms with Crippen molar-refractivity contribution in [2.75, 3.05) is 13.1 Å². The van der Waals surface area contributed by atoms with E-state index in [9.17, 15) is 14.7 Å². The molecule has 3 atom stereocenters. The largest absolute Gasteiger partial charge is 0.426 e. The lowest BCUT2D eigenvalue weighted by Crippen LogP contribution is -2.76. The standard InChI is InChI=1S/C13H19N5O4/c1-8(19)10(11(20)14-5-9-17-16-7-22-9)18-6-13(12(18)21)3-2-4-15-13/h7-8,10,15,19H,2-6H2,1H3,(H,14,20)/t8-,10+,13?/m1/s1. The van der Waals surface area contributed by atoms with Gasteiger partial charge in [-0.3, -0.25) is 9.59 Å². The van der Waals surface area contributed by atoms with Gasteiger partial charge in [0, 0.05) is 6.54 Å². The molecule has 1 spiro atoms. The second kappa shape index (κ2) is 5.65. The normalized spacial score (nSPS) is 26.8. The number of nitrogens with zero attached hydrogens (tertiary/aromatic N) is 3. The highest BCUT2D eigenvalue weighted by Gasteiger charge is 2.57. The lowest BCUT2D eigenvalue weighted by Gasteiger charge is -2.50. The van der Waals surface area contributed by atoms with Crippen molar-refractivity contribution in [3.63, 3.8) is 0 Å². The van der Waals surface area contributed by atoms with Gasteiger partial charge in [-0.15, -0.1) is 10.2 Å². The topological polar surface area (TPSA) is 121 Å². The smallest absolute Gasteiger partial charge is 0.245 e. The van der Waals surface area contributed by atoms with Crippen LogP contribution in [0.15, 0.2) is 10.8 Å². The fourth-order valence-corrected chi connectivity index (χ4v) is 3.12. The maximum Gasteiger partial charge on any atom is 0.245 e. The van der Waals surface area contributed by atoms with E-state index in [-0.39, 0.29) is 18.3 Å². The van der Waals surface area contributed by atoms with Crippen LogP contribution in [-0.4, -0.2) is 62.8 Å². The van der Waals surface area contributed by atoms with Crippen molar-refractivity contribution >= 4 is 11.8 Å². The highest BCUT2D eigenvalue weighted by atomic mass is 16.4. The molecule has 0 saturated carbocycles. The van der Waals surface area contributed by atoms with Gasteiger partial charge in [0.05, 0.1) is 12.6 Å². The molecule has 120 valence electrons. The average molecular weight is 309 g/mol. The van der Waals surface area contributed by atoms with Crippen LogP contribution in [0.1, 0.15) is 25.7 Å². The summed E-state index contributed by atoms with van der Waals surface area (Å²) in [5.41, 5.74) is -0.528. The minimum atomic E-state index is -0.967. The summed E-state index contributed by atoms with van der Waals surface area (Å²) < 4.78 is 4.93. The van der Waals surface area contributed by atoms with Gasteiger partial charge >= 0.3 is 0 Å². The van der Waals surface area contributed by atoms with Crippen LogP contribution in [0.5, 0.6) is 0 Å². The number of carbonyl (C=O) groups is 2. The molecule has 1 aromatic heterocycles. The molecule has 0 aliphatic carbocycles. The average Bonchev–Trinajstić information content (AvgIpc) is 3.16. The van der Waals surface area contributed by atoms with E-state index in [0.717, 1.165) is 19.4 Å². The minimum Gasteiger partial charge on any atom is -0.426 e. The Kier molecular flexibility index (Phi) is 3.83. The van der Waals surface area contributed by atoms with E-state index in [4.69, 9.17) is 4.42 Å². The Balaban J connectivity index is 1.63. The molecule has 0 radical (unpaired) electrons. The molecule has 0 bridgehead atoms. The third-order valence-electron chi connectivity index (χ3n) is 4.23. The highest BCUT2D eigenvalue weighted by molar-refractivity contribution is 5.97. The Morgan fingerprint density at radius 3 is 3.05 bits per heavy atom. The van der Waals surface area contributed by atoms with E-state index in [1.807, 2.05) is 0 Å². The monoisotopic (exact) mass is 309 g/mol. The molecule has 2 aliphatic heterocycles. The summed E-state index contributed by atoms with van der Waals surface area (Å²) in [6, 6.07) is -0.913. The molecule has 9 heteroatoms. The van der Waals surface area contributed by atoms with Crippen LogP contribution in [0.4, 0.5) is 0 Å². The van der Waals surface area contributed by atoms with Crippen LogP contribution >= 0.6 is 0 Å². The molecular formula is C13H19N5O4. The number of hydrogen-bond acceptors (Lipinski definition) is 7. The van der Waals surface area contributed by atoms with Crippen molar-refractivity contribution in [1.29, 1.82) is 0 Å². The Bertz CT molecular complexity index is 553. The van der Waals surface area contributed by atoms with E-state index in [2.05, 4.69) is 20.8 Å². The van der Waals surface area contributed by atoms with Crippen LogP contribution in [0, 0.1) is 0 Å². The van der Waals surface area contributed by atoms with E-state index < -0.39 is 23.6 Å². The second-order valence-corrected chi connectivity index (χ2v) is 5.78. The molecule has 2 amide bonds. The lowest BCUT2D eigenvalue weighted by molar-refractivity contribution is -0.164. The first kappa shape index (κ1) is 14.9. The predicted molar refractivity (Wildman–Crippen MR) is 73.3 cm³/mol. The number of β-lactam (4-membered cyclic amide) rings is 1. The van der Waals surface area contributed by atoms with Gasteiger partial charge in [0.2, 0.25) is 24.1 Å². The van der Waals surface area contributed by atoms with Gasteiger partial charge in [0.1, 0.15) is 11.6 Å². The first-order valence-electron chi connectivity index (χ1n) is 7.30. The van der Waals surface area contributed by atoms with Crippen molar-refractivity contribution in [2.45, 2.75) is 44.0 Å². The van der Waals surface area contributed by atoms with Crippen molar-refractivity contribution in [3.8, 4) is 0 Å². The van der Waals surface area contributed by atoms with Crippen molar-refractivity contribution in [3.05, 3.63) is 12.3 Å². The lowest BCUT2D eigenvalue weighted by atomic mass is 9.84. The summed E-state index contributed by atoms with van der Waals surface area (Å²) in [7, 11) is 0. The number of rotatable bonds is 5. The summed E-state index contributed by atoms with van der Waals surface area (Å²) in [5.74, 6) is -0.292. The van der Waals surface area contributed by atoms with E-state index >= 15 is 0 Å². The van der Waals surface area contributed by atoms with Gasteiger partial charge in [-0.25, -0.2) is 0 Å². The molecule has 3 N–H and O–H groups in total. The van der Waals surface area contributed by atoms with Gasteiger partial charge in [-0.2, -0.15) is 0 Å². The van der Waals surface area contributed by atoms with Crippen LogP contribution in [0.2, 0.25) is 0 Å². The van der Waals surface area contributed by atoms with Crippen molar-refractivity contribution in [2.24, 2.45) is 0 Å². The molecule has 1 aromatic rings. The summed E-state index contributed by atoms with van der Waals surface area (Å²) in [6.45, 7) is 2.81. The summed E-state index contributed by atoms with van der Waals surface area (Å²) >= 11 is 0. The molecule has 1 unspecified atom stereocenters. The molecule has 3 rings (SSSR count). The first-order chi connectivity index (χ1) is 10.5. The molecule has 3 heterocycles. The third kappa shape index (κ3) is 2.46. The number of amides is 2. The summed E-state index contributed by atoms with van der Waals surface area (Å²) in [6.07, 6.45) is 1.92. The number of aromatic nitrogens is 2. The van der Waals surface area contributed by atoms with E-state index in [1.54, 1.807) is 0 Å². The Morgan fingerprint density at radius 1 is 1.68 bits per heavy atom.